The highest BCUT2D eigenvalue weighted by molar-refractivity contribution is 6.32. The molecule has 0 aromatic heterocycles. The van der Waals surface area contributed by atoms with E-state index in [-0.39, 0.29) is 34.3 Å². The van der Waals surface area contributed by atoms with Crippen LogP contribution in [0.2, 0.25) is 5.02 Å². The summed E-state index contributed by atoms with van der Waals surface area (Å²) in [6.07, 6.45) is 1.08. The van der Waals surface area contributed by atoms with Gasteiger partial charge in [0.05, 0.1) is 23.0 Å². The SMILES string of the molecule is CCCC1=C(C(=O)OCC)C(c2ccc([N+](=O)[O-])c(Cl)c2)C(C#N)=C(N)O1. The minimum atomic E-state index is -0.886. The van der Waals surface area contributed by atoms with Gasteiger partial charge in [-0.25, -0.2) is 4.79 Å². The highest BCUT2D eigenvalue weighted by atomic mass is 35.5. The molecule has 1 aromatic rings. The fraction of sp³-hybridized carbons (Fsp3) is 0.333. The number of hydrogen-bond acceptors (Lipinski definition) is 7. The zero-order chi connectivity index (χ0) is 20.1. The molecular weight excluding hydrogens is 374 g/mol. The number of allylic oxidation sites excluding steroid dienone is 2. The van der Waals surface area contributed by atoms with Gasteiger partial charge in [-0.1, -0.05) is 24.6 Å². The van der Waals surface area contributed by atoms with E-state index in [0.717, 1.165) is 0 Å². The normalized spacial score (nSPS) is 16.6. The predicted octanol–water partition coefficient (Wildman–Crippen LogP) is 3.67. The van der Waals surface area contributed by atoms with Gasteiger partial charge in [-0.15, -0.1) is 0 Å². The average Bonchev–Trinajstić information content (AvgIpc) is 2.61. The molecule has 1 aromatic carbocycles. The van der Waals surface area contributed by atoms with Crippen LogP contribution in [0, 0.1) is 21.4 Å². The highest BCUT2D eigenvalue weighted by Gasteiger charge is 2.37. The van der Waals surface area contributed by atoms with Crippen molar-refractivity contribution in [3.63, 3.8) is 0 Å². The zero-order valence-electron chi connectivity index (χ0n) is 14.8. The third-order valence-corrected chi connectivity index (χ3v) is 4.27. The first-order valence-electron chi connectivity index (χ1n) is 8.27. The number of nitrogens with zero attached hydrogens (tertiary/aromatic N) is 2. The standard InChI is InChI=1S/C18H18ClN3O5/c1-3-5-14-16(18(23)26-4-2)15(11(9-20)17(21)27-14)10-6-7-13(22(24)25)12(19)8-10/h6-8,15H,3-5,21H2,1-2H3. The number of halogens is 1. The second-order valence-corrected chi connectivity index (χ2v) is 6.11. The molecule has 0 fully saturated rings. The number of hydrogen-bond donors (Lipinski definition) is 1. The van der Waals surface area contributed by atoms with E-state index in [0.29, 0.717) is 24.2 Å². The van der Waals surface area contributed by atoms with E-state index in [1.165, 1.54) is 18.2 Å². The van der Waals surface area contributed by atoms with Crippen LogP contribution in [0.5, 0.6) is 0 Å². The molecule has 27 heavy (non-hydrogen) atoms. The van der Waals surface area contributed by atoms with Crippen LogP contribution in [0.25, 0.3) is 0 Å². The summed E-state index contributed by atoms with van der Waals surface area (Å²) in [4.78, 5) is 23.0. The number of carbonyl (C=O) groups is 1. The van der Waals surface area contributed by atoms with E-state index in [4.69, 9.17) is 26.8 Å². The van der Waals surface area contributed by atoms with Crippen LogP contribution in [0.15, 0.2) is 41.0 Å². The zero-order valence-corrected chi connectivity index (χ0v) is 15.6. The van der Waals surface area contributed by atoms with Gasteiger partial charge in [-0.2, -0.15) is 5.26 Å². The number of nitro groups is 1. The van der Waals surface area contributed by atoms with Crippen LogP contribution in [-0.4, -0.2) is 17.5 Å². The lowest BCUT2D eigenvalue weighted by atomic mass is 9.82. The number of nitriles is 1. The molecule has 0 saturated carbocycles. The van der Waals surface area contributed by atoms with E-state index in [9.17, 15) is 20.2 Å². The Kier molecular flexibility index (Phi) is 6.42. The van der Waals surface area contributed by atoms with Crippen molar-refractivity contribution in [2.45, 2.75) is 32.6 Å². The molecule has 0 saturated heterocycles. The maximum Gasteiger partial charge on any atom is 0.338 e. The molecule has 1 heterocycles. The van der Waals surface area contributed by atoms with Crippen LogP contribution in [0.3, 0.4) is 0 Å². The number of ether oxygens (including phenoxy) is 2. The molecule has 1 aliphatic rings. The summed E-state index contributed by atoms with van der Waals surface area (Å²) in [5.41, 5.74) is 6.19. The Hall–Kier alpha value is -3.05. The van der Waals surface area contributed by atoms with Crippen LogP contribution in [-0.2, 0) is 14.3 Å². The van der Waals surface area contributed by atoms with Crippen molar-refractivity contribution in [2.24, 2.45) is 5.73 Å². The topological polar surface area (TPSA) is 128 Å². The van der Waals surface area contributed by atoms with E-state index < -0.39 is 16.8 Å². The second kappa shape index (κ2) is 8.56. The molecule has 1 aliphatic heterocycles. The van der Waals surface area contributed by atoms with E-state index in [2.05, 4.69) is 0 Å². The summed E-state index contributed by atoms with van der Waals surface area (Å²) in [6.45, 7) is 3.70. The maximum atomic E-state index is 12.6. The Morgan fingerprint density at radius 2 is 2.19 bits per heavy atom. The van der Waals surface area contributed by atoms with E-state index >= 15 is 0 Å². The highest BCUT2D eigenvalue weighted by Crippen LogP contribution is 2.42. The lowest BCUT2D eigenvalue weighted by Crippen LogP contribution is -2.26. The van der Waals surface area contributed by atoms with Crippen molar-refractivity contribution < 1.29 is 19.2 Å². The molecule has 2 rings (SSSR count). The number of benzene rings is 1. The summed E-state index contributed by atoms with van der Waals surface area (Å²) in [6, 6.07) is 5.97. The van der Waals surface area contributed by atoms with Gasteiger partial charge in [0.1, 0.15) is 22.4 Å². The molecule has 0 bridgehead atoms. The third-order valence-electron chi connectivity index (χ3n) is 3.97. The maximum absolute atomic E-state index is 12.6. The van der Waals surface area contributed by atoms with Gasteiger partial charge in [0.2, 0.25) is 5.88 Å². The Balaban J connectivity index is 2.69. The van der Waals surface area contributed by atoms with Crippen molar-refractivity contribution in [1.82, 2.24) is 0 Å². The monoisotopic (exact) mass is 391 g/mol. The Morgan fingerprint density at radius 3 is 2.70 bits per heavy atom. The van der Waals surface area contributed by atoms with Crippen molar-refractivity contribution in [3.8, 4) is 6.07 Å². The number of nitro benzene ring substituents is 1. The molecule has 142 valence electrons. The van der Waals surface area contributed by atoms with Crippen molar-refractivity contribution in [3.05, 3.63) is 61.7 Å². The lowest BCUT2D eigenvalue weighted by Gasteiger charge is -2.28. The molecule has 8 nitrogen and oxygen atoms in total. The number of carbonyl (C=O) groups excluding carboxylic acids is 1. The Bertz CT molecular complexity index is 885. The molecule has 0 amide bonds. The van der Waals surface area contributed by atoms with Gasteiger partial charge in [0.15, 0.2) is 0 Å². The van der Waals surface area contributed by atoms with Crippen LogP contribution in [0.4, 0.5) is 5.69 Å². The summed E-state index contributed by atoms with van der Waals surface area (Å²) in [5, 5.41) is 20.5. The van der Waals surface area contributed by atoms with Gasteiger partial charge in [0.25, 0.3) is 5.69 Å². The van der Waals surface area contributed by atoms with Gasteiger partial charge in [-0.05, 0) is 25.0 Å². The quantitative estimate of drug-likeness (QED) is 0.444. The minimum Gasteiger partial charge on any atom is -0.463 e. The first-order chi connectivity index (χ1) is 12.8. The van der Waals surface area contributed by atoms with E-state index in [1.807, 2.05) is 13.0 Å². The minimum absolute atomic E-state index is 0.0165. The third kappa shape index (κ3) is 4.04. The van der Waals surface area contributed by atoms with Crippen molar-refractivity contribution in [1.29, 1.82) is 5.26 Å². The van der Waals surface area contributed by atoms with Gasteiger partial charge in [-0.3, -0.25) is 10.1 Å². The Morgan fingerprint density at radius 1 is 1.48 bits per heavy atom. The molecule has 0 aliphatic carbocycles. The fourth-order valence-corrected chi connectivity index (χ4v) is 3.11. The first kappa shape index (κ1) is 20.3. The number of esters is 1. The van der Waals surface area contributed by atoms with Crippen molar-refractivity contribution >= 4 is 23.3 Å². The van der Waals surface area contributed by atoms with Crippen molar-refractivity contribution in [2.75, 3.05) is 6.61 Å². The predicted molar refractivity (Wildman–Crippen MR) is 97.3 cm³/mol. The summed E-state index contributed by atoms with van der Waals surface area (Å²) < 4.78 is 10.7. The largest absolute Gasteiger partial charge is 0.463 e. The second-order valence-electron chi connectivity index (χ2n) is 5.70. The average molecular weight is 392 g/mol. The van der Waals surface area contributed by atoms with Gasteiger partial charge < -0.3 is 15.2 Å². The lowest BCUT2D eigenvalue weighted by molar-refractivity contribution is -0.384. The molecule has 0 radical (unpaired) electrons. The summed E-state index contributed by atoms with van der Waals surface area (Å²) in [5.74, 6) is -1.33. The molecule has 1 unspecified atom stereocenters. The van der Waals surface area contributed by atoms with Crippen LogP contribution >= 0.6 is 11.6 Å². The molecule has 0 spiro atoms. The smallest absolute Gasteiger partial charge is 0.338 e. The Labute approximate surface area is 161 Å². The van der Waals surface area contributed by atoms with Gasteiger partial charge in [0, 0.05) is 12.5 Å². The summed E-state index contributed by atoms with van der Waals surface area (Å²) >= 11 is 6.02. The number of rotatable bonds is 6. The first-order valence-corrected chi connectivity index (χ1v) is 8.64. The van der Waals surface area contributed by atoms with Crippen LogP contribution < -0.4 is 5.73 Å². The molecule has 2 N–H and O–H groups in total. The summed E-state index contributed by atoms with van der Waals surface area (Å²) in [7, 11) is 0. The molecule has 9 heteroatoms. The number of nitrogens with two attached hydrogens (primary N) is 1. The molecular formula is C18H18ClN3O5. The molecule has 1 atom stereocenters. The van der Waals surface area contributed by atoms with E-state index in [1.54, 1.807) is 6.92 Å². The van der Waals surface area contributed by atoms with Crippen LogP contribution in [0.1, 0.15) is 38.2 Å². The van der Waals surface area contributed by atoms with Gasteiger partial charge >= 0.3 is 5.97 Å². The fourth-order valence-electron chi connectivity index (χ4n) is 2.85.